The van der Waals surface area contributed by atoms with Crippen molar-refractivity contribution in [2.24, 2.45) is 0 Å². The molecule has 0 heterocycles. The lowest BCUT2D eigenvalue weighted by molar-refractivity contribution is 0.345. The molecule has 1 aromatic rings. The van der Waals surface area contributed by atoms with Gasteiger partial charge in [0.2, 0.25) is 0 Å². The Kier molecular flexibility index (Phi) is 4.57. The highest BCUT2D eigenvalue weighted by atomic mass is 32.2. The summed E-state index contributed by atoms with van der Waals surface area (Å²) in [6.45, 7) is 4.17. The van der Waals surface area contributed by atoms with Crippen LogP contribution < -0.4 is 10.1 Å². The second-order valence-electron chi connectivity index (χ2n) is 5.15. The third-order valence-corrected chi connectivity index (χ3v) is 5.35. The van der Waals surface area contributed by atoms with Crippen molar-refractivity contribution >= 4 is 11.8 Å². The summed E-state index contributed by atoms with van der Waals surface area (Å²) in [5.74, 6) is 0.971. The molecule has 0 amide bonds. The standard InChI is InChI=1S/C15H23NOS/c1-12-9-13(5-6-14(12)17-2)10-16-11-15(18-3)7-4-8-15/h5-6,9,16H,4,7-8,10-11H2,1-3H3. The summed E-state index contributed by atoms with van der Waals surface area (Å²) in [6, 6.07) is 6.41. The van der Waals surface area contributed by atoms with Crippen LogP contribution in [0, 0.1) is 6.92 Å². The molecule has 0 radical (unpaired) electrons. The molecule has 18 heavy (non-hydrogen) atoms. The van der Waals surface area contributed by atoms with Crippen LogP contribution in [-0.4, -0.2) is 24.7 Å². The van der Waals surface area contributed by atoms with Crippen LogP contribution in [0.5, 0.6) is 5.75 Å². The molecule has 0 spiro atoms. The summed E-state index contributed by atoms with van der Waals surface area (Å²) in [5, 5.41) is 3.60. The van der Waals surface area contributed by atoms with Gasteiger partial charge in [-0.05, 0) is 43.2 Å². The minimum atomic E-state index is 0.515. The lowest BCUT2D eigenvalue weighted by atomic mass is 9.84. The number of rotatable bonds is 6. The number of aryl methyl sites for hydroxylation is 1. The molecule has 3 heteroatoms. The Labute approximate surface area is 114 Å². The van der Waals surface area contributed by atoms with Crippen LogP contribution in [0.25, 0.3) is 0 Å². The molecule has 1 fully saturated rings. The highest BCUT2D eigenvalue weighted by Gasteiger charge is 2.35. The van der Waals surface area contributed by atoms with Crippen LogP contribution in [0.15, 0.2) is 18.2 Å². The Morgan fingerprint density at radius 1 is 1.39 bits per heavy atom. The lowest BCUT2D eigenvalue weighted by Crippen LogP contribution is -2.43. The molecule has 1 saturated carbocycles. The molecule has 2 rings (SSSR count). The molecule has 0 atom stereocenters. The fourth-order valence-electron chi connectivity index (χ4n) is 2.51. The van der Waals surface area contributed by atoms with E-state index in [4.69, 9.17) is 4.74 Å². The van der Waals surface area contributed by atoms with Crippen LogP contribution in [0.4, 0.5) is 0 Å². The van der Waals surface area contributed by atoms with Crippen molar-refractivity contribution in [1.82, 2.24) is 5.32 Å². The van der Waals surface area contributed by atoms with E-state index in [9.17, 15) is 0 Å². The zero-order valence-electron chi connectivity index (χ0n) is 11.6. The van der Waals surface area contributed by atoms with E-state index in [0.29, 0.717) is 4.75 Å². The van der Waals surface area contributed by atoms with Crippen LogP contribution in [-0.2, 0) is 6.54 Å². The van der Waals surface area contributed by atoms with Crippen LogP contribution >= 0.6 is 11.8 Å². The quantitative estimate of drug-likeness (QED) is 0.852. The fraction of sp³-hybridized carbons (Fsp3) is 0.600. The summed E-state index contributed by atoms with van der Waals surface area (Å²) >= 11 is 2.02. The van der Waals surface area contributed by atoms with Crippen molar-refractivity contribution in [1.29, 1.82) is 0 Å². The molecule has 100 valence electrons. The Hall–Kier alpha value is -0.670. The maximum atomic E-state index is 5.28. The van der Waals surface area contributed by atoms with E-state index in [1.807, 2.05) is 11.8 Å². The van der Waals surface area contributed by atoms with Crippen molar-refractivity contribution in [2.75, 3.05) is 19.9 Å². The monoisotopic (exact) mass is 265 g/mol. The predicted octanol–water partition coefficient (Wildman–Crippen LogP) is 3.38. The first-order valence-corrected chi connectivity index (χ1v) is 7.81. The molecule has 0 bridgehead atoms. The first kappa shape index (κ1) is 13.8. The number of thioether (sulfide) groups is 1. The summed E-state index contributed by atoms with van der Waals surface area (Å²) in [7, 11) is 1.72. The number of hydrogen-bond acceptors (Lipinski definition) is 3. The van der Waals surface area contributed by atoms with Gasteiger partial charge >= 0.3 is 0 Å². The van der Waals surface area contributed by atoms with Crippen molar-refractivity contribution in [3.63, 3.8) is 0 Å². The van der Waals surface area contributed by atoms with E-state index in [1.165, 1.54) is 30.4 Å². The first-order chi connectivity index (χ1) is 8.69. The second kappa shape index (κ2) is 5.98. The van der Waals surface area contributed by atoms with Crippen LogP contribution in [0.1, 0.15) is 30.4 Å². The molecule has 1 aromatic carbocycles. The van der Waals surface area contributed by atoms with Gasteiger partial charge in [-0.2, -0.15) is 11.8 Å². The molecular weight excluding hydrogens is 242 g/mol. The Balaban J connectivity index is 1.85. The van der Waals surface area contributed by atoms with Gasteiger partial charge < -0.3 is 10.1 Å². The minimum Gasteiger partial charge on any atom is -0.496 e. The Morgan fingerprint density at radius 2 is 2.17 bits per heavy atom. The Bertz CT molecular complexity index is 396. The number of nitrogens with one attached hydrogen (secondary N) is 1. The Morgan fingerprint density at radius 3 is 2.67 bits per heavy atom. The number of benzene rings is 1. The van der Waals surface area contributed by atoms with Gasteiger partial charge in [0.25, 0.3) is 0 Å². The second-order valence-corrected chi connectivity index (χ2v) is 6.42. The van der Waals surface area contributed by atoms with Crippen molar-refractivity contribution < 1.29 is 4.74 Å². The third-order valence-electron chi connectivity index (χ3n) is 3.93. The number of hydrogen-bond donors (Lipinski definition) is 1. The van der Waals surface area contributed by atoms with Crippen LogP contribution in [0.3, 0.4) is 0 Å². The van der Waals surface area contributed by atoms with E-state index in [-0.39, 0.29) is 0 Å². The molecule has 0 unspecified atom stereocenters. The topological polar surface area (TPSA) is 21.3 Å². The van der Waals surface area contributed by atoms with Crippen molar-refractivity contribution in [2.45, 2.75) is 37.5 Å². The van der Waals surface area contributed by atoms with E-state index in [1.54, 1.807) is 7.11 Å². The van der Waals surface area contributed by atoms with Crippen molar-refractivity contribution in [3.05, 3.63) is 29.3 Å². The van der Waals surface area contributed by atoms with Crippen LogP contribution in [0.2, 0.25) is 0 Å². The van der Waals surface area contributed by atoms with Gasteiger partial charge in [-0.25, -0.2) is 0 Å². The highest BCUT2D eigenvalue weighted by molar-refractivity contribution is 8.00. The first-order valence-electron chi connectivity index (χ1n) is 6.58. The van der Waals surface area contributed by atoms with Gasteiger partial charge in [-0.15, -0.1) is 0 Å². The van der Waals surface area contributed by atoms with Gasteiger partial charge in [0.05, 0.1) is 7.11 Å². The highest BCUT2D eigenvalue weighted by Crippen LogP contribution is 2.42. The van der Waals surface area contributed by atoms with E-state index < -0.39 is 0 Å². The van der Waals surface area contributed by atoms with Gasteiger partial charge in [0.1, 0.15) is 5.75 Å². The largest absolute Gasteiger partial charge is 0.496 e. The average molecular weight is 265 g/mol. The minimum absolute atomic E-state index is 0.515. The maximum absolute atomic E-state index is 5.28. The SMILES string of the molecule is COc1ccc(CNCC2(SC)CCC2)cc1C. The molecule has 1 N–H and O–H groups in total. The van der Waals surface area contributed by atoms with Gasteiger partial charge in [-0.3, -0.25) is 0 Å². The molecule has 2 nitrogen and oxygen atoms in total. The smallest absolute Gasteiger partial charge is 0.121 e. The summed E-state index contributed by atoms with van der Waals surface area (Å²) in [4.78, 5) is 0. The molecule has 0 aliphatic heterocycles. The molecule has 0 aromatic heterocycles. The van der Waals surface area contributed by atoms with E-state index >= 15 is 0 Å². The van der Waals surface area contributed by atoms with Crippen molar-refractivity contribution in [3.8, 4) is 5.75 Å². The summed E-state index contributed by atoms with van der Waals surface area (Å²) in [6.07, 6.45) is 6.36. The summed E-state index contributed by atoms with van der Waals surface area (Å²) in [5.41, 5.74) is 2.55. The van der Waals surface area contributed by atoms with Gasteiger partial charge in [-0.1, -0.05) is 18.6 Å². The van der Waals surface area contributed by atoms with Gasteiger partial charge in [0, 0.05) is 17.8 Å². The van der Waals surface area contributed by atoms with E-state index in [0.717, 1.165) is 18.8 Å². The zero-order valence-corrected chi connectivity index (χ0v) is 12.4. The van der Waals surface area contributed by atoms with E-state index in [2.05, 4.69) is 36.7 Å². The summed E-state index contributed by atoms with van der Waals surface area (Å²) < 4.78 is 5.79. The predicted molar refractivity (Wildman–Crippen MR) is 79.5 cm³/mol. The molecule has 1 aliphatic carbocycles. The number of methoxy groups -OCH3 is 1. The zero-order chi connectivity index (χ0) is 13.0. The normalized spacial score (nSPS) is 17.3. The molecular formula is C15H23NOS. The fourth-order valence-corrected chi connectivity index (χ4v) is 3.45. The molecule has 0 saturated heterocycles. The maximum Gasteiger partial charge on any atom is 0.121 e. The van der Waals surface area contributed by atoms with Gasteiger partial charge in [0.15, 0.2) is 0 Å². The number of ether oxygens (including phenoxy) is 1. The third kappa shape index (κ3) is 3.01. The molecule has 1 aliphatic rings. The lowest BCUT2D eigenvalue weighted by Gasteiger charge is -2.40. The average Bonchev–Trinajstić information content (AvgIpc) is 2.33.